The third kappa shape index (κ3) is 3.57. The Bertz CT molecular complexity index is 574. The highest BCUT2D eigenvalue weighted by molar-refractivity contribution is 5.81. The molecular weight excluding hydrogens is 276 g/mol. The third-order valence-corrected chi connectivity index (χ3v) is 4.20. The van der Waals surface area contributed by atoms with Crippen LogP contribution in [0, 0.1) is 0 Å². The Morgan fingerprint density at radius 3 is 2.82 bits per heavy atom. The molecule has 1 aliphatic rings. The van der Waals surface area contributed by atoms with Crippen molar-refractivity contribution in [3.8, 4) is 0 Å². The SMILES string of the molecule is O=C(NCCC(c1ccccc1)c1ccco1)C1CCCN1. The largest absolute Gasteiger partial charge is 0.469 e. The first-order valence-corrected chi connectivity index (χ1v) is 7.94. The molecule has 2 unspecified atom stereocenters. The van der Waals surface area contributed by atoms with Crippen LogP contribution < -0.4 is 10.6 Å². The smallest absolute Gasteiger partial charge is 0.237 e. The van der Waals surface area contributed by atoms with Gasteiger partial charge in [0.05, 0.1) is 12.3 Å². The number of amides is 1. The number of hydrogen-bond donors (Lipinski definition) is 2. The Morgan fingerprint density at radius 2 is 2.14 bits per heavy atom. The lowest BCUT2D eigenvalue weighted by molar-refractivity contribution is -0.122. The highest BCUT2D eigenvalue weighted by Crippen LogP contribution is 2.27. The summed E-state index contributed by atoms with van der Waals surface area (Å²) in [4.78, 5) is 12.1. The van der Waals surface area contributed by atoms with Crippen LogP contribution >= 0.6 is 0 Å². The van der Waals surface area contributed by atoms with Gasteiger partial charge in [0.2, 0.25) is 5.91 Å². The zero-order valence-corrected chi connectivity index (χ0v) is 12.6. The normalized spacial score (nSPS) is 19.0. The molecule has 0 spiro atoms. The van der Waals surface area contributed by atoms with Gasteiger partial charge in [0, 0.05) is 12.5 Å². The molecule has 0 saturated carbocycles. The number of furan rings is 1. The molecule has 3 rings (SSSR count). The summed E-state index contributed by atoms with van der Waals surface area (Å²) in [6.45, 7) is 1.59. The van der Waals surface area contributed by atoms with E-state index in [-0.39, 0.29) is 17.9 Å². The van der Waals surface area contributed by atoms with Crippen molar-refractivity contribution in [1.82, 2.24) is 10.6 Å². The summed E-state index contributed by atoms with van der Waals surface area (Å²) in [6, 6.07) is 14.2. The van der Waals surface area contributed by atoms with Gasteiger partial charge in [0.15, 0.2) is 0 Å². The van der Waals surface area contributed by atoms with Crippen molar-refractivity contribution in [2.45, 2.75) is 31.2 Å². The number of benzene rings is 1. The predicted octanol–water partition coefficient (Wildman–Crippen LogP) is 2.67. The number of carbonyl (C=O) groups excluding carboxylic acids is 1. The first-order chi connectivity index (χ1) is 10.8. The zero-order chi connectivity index (χ0) is 15.2. The maximum Gasteiger partial charge on any atom is 0.237 e. The standard InChI is InChI=1S/C18H22N2O2/c21-18(16-8-4-11-19-16)20-12-10-15(17-9-5-13-22-17)14-6-2-1-3-7-14/h1-3,5-7,9,13,15-16,19H,4,8,10-12H2,(H,20,21). The molecule has 1 aromatic carbocycles. The van der Waals surface area contributed by atoms with Gasteiger partial charge in [-0.15, -0.1) is 0 Å². The van der Waals surface area contributed by atoms with Crippen molar-refractivity contribution in [1.29, 1.82) is 0 Å². The van der Waals surface area contributed by atoms with Gasteiger partial charge in [-0.25, -0.2) is 0 Å². The van der Waals surface area contributed by atoms with Crippen LogP contribution in [-0.4, -0.2) is 25.0 Å². The molecule has 0 radical (unpaired) electrons. The summed E-state index contributed by atoms with van der Waals surface area (Å²) in [7, 11) is 0. The average Bonchev–Trinajstić information content (AvgIpc) is 3.25. The molecule has 22 heavy (non-hydrogen) atoms. The van der Waals surface area contributed by atoms with E-state index in [9.17, 15) is 4.79 Å². The minimum Gasteiger partial charge on any atom is -0.469 e. The van der Waals surface area contributed by atoms with E-state index in [0.717, 1.165) is 31.6 Å². The Kier molecular flexibility index (Phi) is 4.91. The van der Waals surface area contributed by atoms with E-state index in [1.165, 1.54) is 5.56 Å². The van der Waals surface area contributed by atoms with E-state index in [2.05, 4.69) is 22.8 Å². The van der Waals surface area contributed by atoms with Crippen LogP contribution in [0.1, 0.15) is 36.5 Å². The number of rotatable bonds is 6. The fourth-order valence-electron chi connectivity index (χ4n) is 3.02. The first kappa shape index (κ1) is 14.9. The van der Waals surface area contributed by atoms with E-state index >= 15 is 0 Å². The van der Waals surface area contributed by atoms with Crippen LogP contribution in [0.5, 0.6) is 0 Å². The highest BCUT2D eigenvalue weighted by Gasteiger charge is 2.22. The molecule has 1 fully saturated rings. The average molecular weight is 298 g/mol. The predicted molar refractivity (Wildman–Crippen MR) is 85.6 cm³/mol. The second-order valence-electron chi connectivity index (χ2n) is 5.71. The third-order valence-electron chi connectivity index (χ3n) is 4.20. The topological polar surface area (TPSA) is 54.3 Å². The van der Waals surface area contributed by atoms with Gasteiger partial charge < -0.3 is 15.1 Å². The molecule has 2 aromatic rings. The molecule has 4 heteroatoms. The summed E-state index contributed by atoms with van der Waals surface area (Å²) < 4.78 is 5.58. The summed E-state index contributed by atoms with van der Waals surface area (Å²) in [6.07, 6.45) is 4.55. The molecule has 0 aliphatic carbocycles. The maximum absolute atomic E-state index is 12.1. The number of hydrogen-bond acceptors (Lipinski definition) is 3. The minimum atomic E-state index is -0.0150. The van der Waals surface area contributed by atoms with E-state index in [4.69, 9.17) is 4.42 Å². The van der Waals surface area contributed by atoms with Crippen molar-refractivity contribution in [3.63, 3.8) is 0 Å². The molecule has 1 amide bonds. The van der Waals surface area contributed by atoms with Crippen LogP contribution in [0.4, 0.5) is 0 Å². The lowest BCUT2D eigenvalue weighted by Gasteiger charge is -2.17. The van der Waals surface area contributed by atoms with Gasteiger partial charge in [-0.1, -0.05) is 30.3 Å². The molecule has 4 nitrogen and oxygen atoms in total. The van der Waals surface area contributed by atoms with Crippen molar-refractivity contribution < 1.29 is 9.21 Å². The second-order valence-corrected chi connectivity index (χ2v) is 5.71. The Labute approximate surface area is 130 Å². The lowest BCUT2D eigenvalue weighted by Crippen LogP contribution is -2.41. The first-order valence-electron chi connectivity index (χ1n) is 7.94. The minimum absolute atomic E-state index is 0.0150. The molecular formula is C18H22N2O2. The lowest BCUT2D eigenvalue weighted by atomic mass is 9.93. The van der Waals surface area contributed by atoms with Crippen LogP contribution in [0.2, 0.25) is 0 Å². The Hall–Kier alpha value is -2.07. The quantitative estimate of drug-likeness (QED) is 0.862. The molecule has 2 atom stereocenters. The fourth-order valence-corrected chi connectivity index (χ4v) is 3.02. The fraction of sp³-hybridized carbons (Fsp3) is 0.389. The Morgan fingerprint density at radius 1 is 1.27 bits per heavy atom. The molecule has 1 aliphatic heterocycles. The van der Waals surface area contributed by atoms with Crippen molar-refractivity contribution >= 4 is 5.91 Å². The molecule has 1 aromatic heterocycles. The van der Waals surface area contributed by atoms with Crippen LogP contribution in [0.15, 0.2) is 53.1 Å². The summed E-state index contributed by atoms with van der Waals surface area (Å²) in [5, 5.41) is 6.27. The summed E-state index contributed by atoms with van der Waals surface area (Å²) >= 11 is 0. The van der Waals surface area contributed by atoms with Gasteiger partial charge in [-0.05, 0) is 43.5 Å². The van der Waals surface area contributed by atoms with Crippen LogP contribution in [-0.2, 0) is 4.79 Å². The van der Waals surface area contributed by atoms with Gasteiger partial charge in [0.25, 0.3) is 0 Å². The second kappa shape index (κ2) is 7.27. The van der Waals surface area contributed by atoms with Crippen LogP contribution in [0.3, 0.4) is 0 Å². The molecule has 2 N–H and O–H groups in total. The molecule has 116 valence electrons. The Balaban J connectivity index is 1.60. The van der Waals surface area contributed by atoms with Crippen molar-refractivity contribution in [3.05, 3.63) is 60.1 Å². The summed E-state index contributed by atoms with van der Waals surface area (Å²) in [5.41, 5.74) is 1.21. The van der Waals surface area contributed by atoms with Crippen LogP contribution in [0.25, 0.3) is 0 Å². The highest BCUT2D eigenvalue weighted by atomic mass is 16.3. The number of nitrogens with one attached hydrogen (secondary N) is 2. The maximum atomic E-state index is 12.1. The zero-order valence-electron chi connectivity index (χ0n) is 12.6. The molecule has 2 heterocycles. The van der Waals surface area contributed by atoms with E-state index < -0.39 is 0 Å². The van der Waals surface area contributed by atoms with Crippen molar-refractivity contribution in [2.75, 3.05) is 13.1 Å². The monoisotopic (exact) mass is 298 g/mol. The van der Waals surface area contributed by atoms with Gasteiger partial charge >= 0.3 is 0 Å². The summed E-state index contributed by atoms with van der Waals surface area (Å²) in [5.74, 6) is 1.23. The van der Waals surface area contributed by atoms with Gasteiger partial charge in [-0.3, -0.25) is 4.79 Å². The molecule has 0 bridgehead atoms. The van der Waals surface area contributed by atoms with Crippen molar-refractivity contribution in [2.24, 2.45) is 0 Å². The van der Waals surface area contributed by atoms with Gasteiger partial charge in [0.1, 0.15) is 5.76 Å². The number of carbonyl (C=O) groups is 1. The van der Waals surface area contributed by atoms with E-state index in [0.29, 0.717) is 6.54 Å². The molecule has 1 saturated heterocycles. The van der Waals surface area contributed by atoms with E-state index in [1.54, 1.807) is 6.26 Å². The van der Waals surface area contributed by atoms with Gasteiger partial charge in [-0.2, -0.15) is 0 Å². The van der Waals surface area contributed by atoms with E-state index in [1.807, 2.05) is 30.3 Å².